The molecule has 40 nitrogen and oxygen atoms in total. The summed E-state index contributed by atoms with van der Waals surface area (Å²) in [5, 5.41) is 22.4. The van der Waals surface area contributed by atoms with Crippen molar-refractivity contribution in [2.24, 2.45) is 90.2 Å². The topological polar surface area (TPSA) is 545 Å². The average Bonchev–Trinajstić information content (AvgIpc) is 1.78. The fourth-order valence-corrected chi connectivity index (χ4v) is 10.7. The van der Waals surface area contributed by atoms with Gasteiger partial charge >= 0.3 is 24.0 Å². The number of ether oxygens (including phenoxy) is 4. The minimum absolute atomic E-state index is 0.0163. The molecule has 3 rings (SSSR count). The maximum absolute atomic E-state index is 12.4. The number of pyridine rings is 1. The van der Waals surface area contributed by atoms with Crippen LogP contribution in [0.15, 0.2) is 24.5 Å². The molecule has 854 valence electrons. The highest BCUT2D eigenvalue weighted by Crippen LogP contribution is 2.25. The van der Waals surface area contributed by atoms with Crippen molar-refractivity contribution >= 4 is 118 Å². The van der Waals surface area contributed by atoms with E-state index in [1.54, 1.807) is 144 Å². The van der Waals surface area contributed by atoms with E-state index >= 15 is 0 Å². The Morgan fingerprint density at radius 3 is 1.02 bits per heavy atom. The van der Waals surface area contributed by atoms with Gasteiger partial charge < -0.3 is 56.2 Å². The predicted molar refractivity (Wildman–Crippen MR) is 565 cm³/mol. The van der Waals surface area contributed by atoms with Crippen molar-refractivity contribution in [2.45, 2.75) is 386 Å². The normalized spacial score (nSPS) is 14.6. The Balaban J connectivity index is -0.000000385. The Morgan fingerprint density at radius 1 is 0.419 bits per heavy atom. The Hall–Kier alpha value is -11.4. The molecule has 1 aromatic heterocycles. The van der Waals surface area contributed by atoms with Gasteiger partial charge in [-0.1, -0.05) is 276 Å². The summed E-state index contributed by atoms with van der Waals surface area (Å²) in [6, 6.07) is 0.693. The molecular formula is C106H192F2N16O24. The number of rotatable bonds is 30. The van der Waals surface area contributed by atoms with Crippen molar-refractivity contribution in [3.63, 3.8) is 0 Å². The highest BCUT2D eigenvalue weighted by Gasteiger charge is 2.39. The highest BCUT2D eigenvalue weighted by atomic mass is 19.3. The lowest BCUT2D eigenvalue weighted by Gasteiger charge is -2.31. The lowest BCUT2D eigenvalue weighted by Crippen LogP contribution is -2.53. The molecule has 3 heterocycles. The SMILES string of the molecule is CC(=O)NNC(=O)C(C)(C)C.CC(C)[C@@H](NC(=O)C(C)(C)C)C(=O)NCC(F)F.CC(C)[C@H](NC(=O)C(C)(C)C)C(=O)CCc1cccnc1.CCOC(=O)CCC(=O)[C@@H](NC(=O)C(C)(C)C)C(C)C.CCOC(=O)[C@@H](NC(=O)C(C)(C)C)C(C)C.COC(=O)CNC(=O)[C@@H](NC(=O)C(C)(C)C)C(C)C.COC(=O)NN(C(=O)C(C)(C)C)C(C)C.C[C@@H]1CCN(NC(=O)C(C)(C)C)C1=O.C[C@H]1CCN(NC(=O)C(C)(C)C)C1=O. The van der Waals surface area contributed by atoms with Crippen molar-refractivity contribution in [1.29, 1.82) is 0 Å². The molecule has 148 heavy (non-hydrogen) atoms. The number of hydrogen-bond donors (Lipinski definition) is 12. The van der Waals surface area contributed by atoms with Gasteiger partial charge in [0.05, 0.1) is 52.5 Å². The van der Waals surface area contributed by atoms with Gasteiger partial charge in [0.2, 0.25) is 82.7 Å². The Morgan fingerprint density at radius 2 is 0.750 bits per heavy atom. The van der Waals surface area contributed by atoms with Crippen LogP contribution >= 0.6 is 0 Å². The van der Waals surface area contributed by atoms with Crippen molar-refractivity contribution in [1.82, 2.24) is 84.4 Å². The first-order valence-electron chi connectivity index (χ1n) is 50.5. The van der Waals surface area contributed by atoms with E-state index in [0.29, 0.717) is 39.1 Å². The van der Waals surface area contributed by atoms with Gasteiger partial charge in [-0.3, -0.25) is 123 Å². The number of hydrogen-bond acceptors (Lipinski definition) is 25. The number of carbonyl (C=O) groups excluding carboxylic acids is 20. The molecule has 2 aliphatic heterocycles. The molecule has 0 aliphatic carbocycles. The maximum Gasteiger partial charge on any atom is 0.425 e. The summed E-state index contributed by atoms with van der Waals surface area (Å²) in [5.41, 5.74) is 8.57. The first-order valence-corrected chi connectivity index (χ1v) is 50.5. The van der Waals surface area contributed by atoms with E-state index in [9.17, 15) is 105 Å². The number of nitrogens with one attached hydrogen (secondary N) is 12. The lowest BCUT2D eigenvalue weighted by atomic mass is 9.91. The number of ketones is 2. The van der Waals surface area contributed by atoms with Crippen LogP contribution in [0.1, 0.15) is 342 Å². The fraction of sp³-hybridized carbons (Fsp3) is 0.764. The summed E-state index contributed by atoms with van der Waals surface area (Å²) in [5.74, 6) is -4.11. The highest BCUT2D eigenvalue weighted by molar-refractivity contribution is 5.95. The molecule has 0 unspecified atom stereocenters. The first-order chi connectivity index (χ1) is 66.8. The summed E-state index contributed by atoms with van der Waals surface area (Å²) >= 11 is 0. The average molecular weight is 2110 g/mol. The molecule has 12 N–H and O–H groups in total. The minimum atomic E-state index is -2.60. The molecule has 2 fully saturated rings. The fourth-order valence-electron chi connectivity index (χ4n) is 10.7. The molecule has 1 aromatic rings. The van der Waals surface area contributed by atoms with Crippen LogP contribution in [-0.4, -0.2) is 235 Å². The van der Waals surface area contributed by atoms with E-state index in [2.05, 4.69) is 78.8 Å². The molecular weight excluding hydrogens is 1920 g/mol. The number of Topliss-reactive ketones (excluding diaryl/α,β-unsaturated/α-hetero) is 2. The van der Waals surface area contributed by atoms with Crippen LogP contribution in [0.5, 0.6) is 0 Å². The molecule has 7 atom stereocenters. The number of hydrazine groups is 4. The van der Waals surface area contributed by atoms with E-state index < -0.39 is 116 Å². The number of carbonyl (C=O) groups is 20. The summed E-state index contributed by atoms with van der Waals surface area (Å²) in [4.78, 5) is 236. The second kappa shape index (κ2) is 68.3. The number of esters is 3. The smallest absolute Gasteiger partial charge is 0.425 e. The number of amides is 15. The van der Waals surface area contributed by atoms with Gasteiger partial charge in [-0.05, 0) is 88.2 Å². The van der Waals surface area contributed by atoms with Crippen molar-refractivity contribution in [2.75, 3.05) is 53.6 Å². The second-order valence-electron chi connectivity index (χ2n) is 47.3. The molecule has 0 radical (unpaired) electrons. The summed E-state index contributed by atoms with van der Waals surface area (Å²) < 4.78 is 42.6. The van der Waals surface area contributed by atoms with Crippen molar-refractivity contribution in [3.8, 4) is 0 Å². The van der Waals surface area contributed by atoms with Gasteiger partial charge in [0.1, 0.15) is 24.7 Å². The third-order valence-corrected chi connectivity index (χ3v) is 20.9. The van der Waals surface area contributed by atoms with Gasteiger partial charge in [0, 0.05) is 112 Å². The van der Waals surface area contributed by atoms with Crippen molar-refractivity contribution in [3.05, 3.63) is 30.1 Å². The van der Waals surface area contributed by atoms with E-state index in [0.717, 1.165) is 18.4 Å². The van der Waals surface area contributed by atoms with Gasteiger partial charge in [-0.25, -0.2) is 28.8 Å². The quantitative estimate of drug-likeness (QED) is 0.0193. The molecule has 2 saturated heterocycles. The molecule has 2 aliphatic rings. The van der Waals surface area contributed by atoms with Crippen molar-refractivity contribution < 1.29 is 124 Å². The number of aryl methyl sites for hydroxylation is 1. The monoisotopic (exact) mass is 2110 g/mol. The van der Waals surface area contributed by atoms with Crippen LogP contribution in [0, 0.1) is 90.2 Å². The van der Waals surface area contributed by atoms with Gasteiger partial charge in [0.15, 0.2) is 11.6 Å². The zero-order valence-electron chi connectivity index (χ0n) is 98.2. The van der Waals surface area contributed by atoms with Gasteiger partial charge in [-0.2, -0.15) is 0 Å². The number of aromatic nitrogens is 1. The van der Waals surface area contributed by atoms with E-state index in [4.69, 9.17) is 9.47 Å². The third kappa shape index (κ3) is 65.5. The lowest BCUT2D eigenvalue weighted by molar-refractivity contribution is -0.149. The van der Waals surface area contributed by atoms with Crippen LogP contribution in [0.25, 0.3) is 0 Å². The van der Waals surface area contributed by atoms with E-state index in [1.165, 1.54) is 36.2 Å². The Bertz CT molecular complexity index is 4310. The van der Waals surface area contributed by atoms with Crippen LogP contribution in [0.2, 0.25) is 0 Å². The van der Waals surface area contributed by atoms with Crippen LogP contribution in [-0.2, 0) is 116 Å². The third-order valence-electron chi connectivity index (χ3n) is 20.9. The molecule has 0 saturated carbocycles. The predicted octanol–water partition coefficient (Wildman–Crippen LogP) is 12.2. The second-order valence-corrected chi connectivity index (χ2v) is 47.3. The van der Waals surface area contributed by atoms with E-state index in [-0.39, 0.29) is 161 Å². The number of alkyl halides is 2. The molecule has 15 amide bonds. The standard InChI is InChI=1S/C17H26N2O2.C15H27NO4.C13H24N2O4.C12H22F2N2O2.C12H23NO3.C10H20N2O3.2C10H18N2O2.C7H14N2O2/c1-12(2)15(19-16(21)17(3,4)5)14(20)9-8-13-7-6-10-18-11-13;1-7-20-12(18)9-8-11(17)13(10(2)3)16-14(19)15(4,5)6;1-8(2)10(15-12(18)13(3,4)5)11(17)14-7-9(16)19-6;1-7(2)9(10(17)15-6-8(13)14)16-11(18)12(3,4)5;1-7-16-10(14)9(8(2)3)13-11(15)12(4,5)6;1-7(2)12(11-9(14)15-6)8(13)10(3,4)5;2*1-7-5-6-12(8(7)13)11-9(14)10(2,3)4;1-5(10)8-9-6(11)7(2,3)4/h6-7,10-12,15H,8-9H2,1-5H3,(H,19,21);10,13H,7-9H2,1-6H3,(H,16,19);8,10H,7H2,1-6H3,(H,14,17)(H,15,18);7-9H,6H2,1-5H3,(H,15,17)(H,16,18);8-9H,7H2,1-6H3,(H,13,15);7H,1-6H3,(H,11,14);2*7H,5-6H2,1-4H3,(H,11,14);1-4H3,(H,8,10)(H,9,11)/t15-;13-;10-;2*9-;;2*7-;/m00010.10./s1. The summed E-state index contributed by atoms with van der Waals surface area (Å²) in [6.45, 7) is 80.2. The van der Waals surface area contributed by atoms with Crippen LogP contribution < -0.4 is 64.3 Å². The molecule has 42 heteroatoms. The maximum atomic E-state index is 12.4. The zero-order valence-corrected chi connectivity index (χ0v) is 98.2. The zero-order chi connectivity index (χ0) is 118. The van der Waals surface area contributed by atoms with Crippen LogP contribution in [0.4, 0.5) is 13.6 Å². The van der Waals surface area contributed by atoms with E-state index in [1.807, 2.05) is 178 Å². The van der Waals surface area contributed by atoms with Gasteiger partial charge in [-0.15, -0.1) is 0 Å². The number of halogens is 2. The number of nitrogens with zero attached hydrogens (tertiary/aromatic N) is 4. The Kier molecular flexibility index (Phi) is 68.0. The Labute approximate surface area is 881 Å². The molecule has 0 spiro atoms. The summed E-state index contributed by atoms with van der Waals surface area (Å²) in [6.07, 6.45) is 3.11. The molecule has 0 aromatic carbocycles. The minimum Gasteiger partial charge on any atom is -0.468 e. The van der Waals surface area contributed by atoms with Crippen LogP contribution in [0.3, 0.4) is 0 Å². The number of methoxy groups -OCH3 is 2. The first kappa shape index (κ1) is 147. The molecule has 0 bridgehead atoms. The van der Waals surface area contributed by atoms with Gasteiger partial charge in [0.25, 0.3) is 6.43 Å². The largest absolute Gasteiger partial charge is 0.468 e. The summed E-state index contributed by atoms with van der Waals surface area (Å²) in [7, 11) is 2.51.